The van der Waals surface area contributed by atoms with E-state index in [1.54, 1.807) is 24.3 Å². The molecule has 1 aromatic carbocycles. The molecular formula is C11H12ClNO. The van der Waals surface area contributed by atoms with Crippen LogP contribution in [0.5, 0.6) is 0 Å². The molecule has 1 aliphatic heterocycles. The molecule has 1 heterocycles. The molecule has 1 fully saturated rings. The average molecular weight is 210 g/mol. The van der Waals surface area contributed by atoms with Gasteiger partial charge in [-0.2, -0.15) is 0 Å². The van der Waals surface area contributed by atoms with Crippen molar-refractivity contribution in [1.82, 2.24) is 5.32 Å². The van der Waals surface area contributed by atoms with E-state index >= 15 is 0 Å². The van der Waals surface area contributed by atoms with Crippen molar-refractivity contribution in [2.24, 2.45) is 0 Å². The maximum Gasteiger partial charge on any atom is 0.164 e. The number of carbonyl (C=O) groups excluding carboxylic acids is 1. The lowest BCUT2D eigenvalue weighted by Crippen LogP contribution is -2.44. The van der Waals surface area contributed by atoms with Crippen molar-refractivity contribution in [1.29, 1.82) is 0 Å². The number of Topliss-reactive ketones (excluding diaryl/α,β-unsaturated/α-hetero) is 1. The van der Waals surface area contributed by atoms with E-state index in [4.69, 9.17) is 11.6 Å². The largest absolute Gasteiger partial charge is 0.313 e. The molecule has 1 N–H and O–H groups in total. The lowest BCUT2D eigenvalue weighted by Gasteiger charge is -2.26. The Morgan fingerprint density at radius 1 is 1.43 bits per heavy atom. The van der Waals surface area contributed by atoms with Crippen molar-refractivity contribution < 1.29 is 4.79 Å². The van der Waals surface area contributed by atoms with Crippen LogP contribution < -0.4 is 5.32 Å². The van der Waals surface area contributed by atoms with Gasteiger partial charge in [0, 0.05) is 23.0 Å². The Morgan fingerprint density at radius 3 is 2.57 bits per heavy atom. The molecule has 0 radical (unpaired) electrons. The fourth-order valence-corrected chi connectivity index (χ4v) is 1.63. The van der Waals surface area contributed by atoms with Gasteiger partial charge in [0.1, 0.15) is 0 Å². The molecule has 0 aromatic heterocycles. The summed E-state index contributed by atoms with van der Waals surface area (Å²) in [7, 11) is 0. The van der Waals surface area contributed by atoms with Gasteiger partial charge in [0.25, 0.3) is 0 Å². The minimum absolute atomic E-state index is 0.193. The standard InChI is InChI=1S/C11H12ClNO/c12-9-3-1-8(2-4-9)11(14)7-10-5-6-13-10/h1-4,10,13H,5-7H2. The predicted octanol–water partition coefficient (Wildman–Crippen LogP) is 2.27. The fourth-order valence-electron chi connectivity index (χ4n) is 1.50. The summed E-state index contributed by atoms with van der Waals surface area (Å²) in [5, 5.41) is 3.88. The van der Waals surface area contributed by atoms with Gasteiger partial charge in [-0.15, -0.1) is 0 Å². The first-order valence-corrected chi connectivity index (χ1v) is 5.15. The van der Waals surface area contributed by atoms with Gasteiger partial charge in [-0.25, -0.2) is 0 Å². The molecule has 1 aliphatic rings. The third-order valence-corrected chi connectivity index (χ3v) is 2.78. The van der Waals surface area contributed by atoms with Gasteiger partial charge < -0.3 is 5.32 Å². The fraction of sp³-hybridized carbons (Fsp3) is 0.364. The predicted molar refractivity (Wildman–Crippen MR) is 56.8 cm³/mol. The number of halogens is 1. The van der Waals surface area contributed by atoms with Crippen molar-refractivity contribution in [2.75, 3.05) is 6.54 Å². The van der Waals surface area contributed by atoms with Crippen LogP contribution in [0.3, 0.4) is 0 Å². The molecule has 0 amide bonds. The van der Waals surface area contributed by atoms with Crippen LogP contribution in [0.2, 0.25) is 5.02 Å². The zero-order chi connectivity index (χ0) is 9.97. The van der Waals surface area contributed by atoms with Gasteiger partial charge in [-0.05, 0) is 37.2 Å². The first-order chi connectivity index (χ1) is 6.75. The average Bonchev–Trinajstić information content (AvgIpc) is 2.12. The molecule has 2 nitrogen and oxygen atoms in total. The van der Waals surface area contributed by atoms with Crippen molar-refractivity contribution in [2.45, 2.75) is 18.9 Å². The smallest absolute Gasteiger partial charge is 0.164 e. The molecule has 3 heteroatoms. The molecule has 1 aromatic rings. The van der Waals surface area contributed by atoms with E-state index in [1.807, 2.05) is 0 Å². The molecule has 14 heavy (non-hydrogen) atoms. The Labute approximate surface area is 88.3 Å². The molecule has 0 spiro atoms. The number of rotatable bonds is 3. The van der Waals surface area contributed by atoms with Crippen molar-refractivity contribution in [3.8, 4) is 0 Å². The zero-order valence-corrected chi connectivity index (χ0v) is 8.55. The minimum Gasteiger partial charge on any atom is -0.313 e. The highest BCUT2D eigenvalue weighted by atomic mass is 35.5. The highest BCUT2D eigenvalue weighted by Gasteiger charge is 2.20. The molecule has 1 atom stereocenters. The van der Waals surface area contributed by atoms with E-state index in [2.05, 4.69) is 5.32 Å². The first-order valence-electron chi connectivity index (χ1n) is 4.78. The number of carbonyl (C=O) groups is 1. The van der Waals surface area contributed by atoms with Crippen LogP contribution in [0.25, 0.3) is 0 Å². The Hall–Kier alpha value is -0.860. The molecule has 0 aliphatic carbocycles. The summed E-state index contributed by atoms with van der Waals surface area (Å²) in [6, 6.07) is 7.46. The summed E-state index contributed by atoms with van der Waals surface area (Å²) < 4.78 is 0. The second-order valence-corrected chi connectivity index (χ2v) is 4.01. The monoisotopic (exact) mass is 209 g/mol. The Balaban J connectivity index is 1.99. The summed E-state index contributed by atoms with van der Waals surface area (Å²) in [5.41, 5.74) is 0.753. The molecule has 1 unspecified atom stereocenters. The zero-order valence-electron chi connectivity index (χ0n) is 7.79. The lowest BCUT2D eigenvalue weighted by atomic mass is 9.97. The number of nitrogens with one attached hydrogen (secondary N) is 1. The second-order valence-electron chi connectivity index (χ2n) is 3.57. The van der Waals surface area contributed by atoms with Crippen molar-refractivity contribution in [3.05, 3.63) is 34.9 Å². The topological polar surface area (TPSA) is 29.1 Å². The summed E-state index contributed by atoms with van der Waals surface area (Å²) in [4.78, 5) is 11.7. The van der Waals surface area contributed by atoms with Crippen LogP contribution in [-0.4, -0.2) is 18.4 Å². The first kappa shape index (κ1) is 9.69. The van der Waals surface area contributed by atoms with Crippen LogP contribution >= 0.6 is 11.6 Å². The Kier molecular flexibility index (Phi) is 2.85. The summed E-state index contributed by atoms with van der Waals surface area (Å²) in [6.45, 7) is 1.04. The van der Waals surface area contributed by atoms with Crippen molar-refractivity contribution in [3.63, 3.8) is 0 Å². The van der Waals surface area contributed by atoms with Gasteiger partial charge in [-0.1, -0.05) is 11.6 Å². The number of benzene rings is 1. The van der Waals surface area contributed by atoms with Gasteiger partial charge >= 0.3 is 0 Å². The van der Waals surface area contributed by atoms with Crippen LogP contribution in [0, 0.1) is 0 Å². The second kappa shape index (κ2) is 4.11. The molecule has 2 rings (SSSR count). The third-order valence-electron chi connectivity index (χ3n) is 2.52. The van der Waals surface area contributed by atoms with Gasteiger partial charge in [0.05, 0.1) is 0 Å². The SMILES string of the molecule is O=C(CC1CCN1)c1ccc(Cl)cc1. The normalized spacial score (nSPS) is 20.2. The lowest BCUT2D eigenvalue weighted by molar-refractivity contribution is 0.0956. The summed E-state index contributed by atoms with van der Waals surface area (Å²) >= 11 is 5.74. The van der Waals surface area contributed by atoms with E-state index in [0.717, 1.165) is 18.5 Å². The van der Waals surface area contributed by atoms with Gasteiger partial charge in [0.2, 0.25) is 0 Å². The van der Waals surface area contributed by atoms with Crippen LogP contribution in [-0.2, 0) is 0 Å². The Bertz CT molecular complexity index is 330. The van der Waals surface area contributed by atoms with E-state index in [9.17, 15) is 4.79 Å². The number of hydrogen-bond donors (Lipinski definition) is 1. The highest BCUT2D eigenvalue weighted by molar-refractivity contribution is 6.30. The quantitative estimate of drug-likeness (QED) is 0.774. The molecular weight excluding hydrogens is 198 g/mol. The van der Waals surface area contributed by atoms with Crippen LogP contribution in [0.4, 0.5) is 0 Å². The molecule has 0 bridgehead atoms. The molecule has 74 valence electrons. The molecule has 0 saturated carbocycles. The van der Waals surface area contributed by atoms with Crippen LogP contribution in [0.15, 0.2) is 24.3 Å². The van der Waals surface area contributed by atoms with E-state index in [-0.39, 0.29) is 5.78 Å². The third kappa shape index (κ3) is 2.14. The summed E-state index contributed by atoms with van der Waals surface area (Å²) in [5.74, 6) is 0.193. The van der Waals surface area contributed by atoms with E-state index < -0.39 is 0 Å². The molecule has 1 saturated heterocycles. The number of hydrogen-bond acceptors (Lipinski definition) is 2. The Morgan fingerprint density at radius 2 is 2.07 bits per heavy atom. The van der Waals surface area contributed by atoms with E-state index in [0.29, 0.717) is 17.5 Å². The van der Waals surface area contributed by atoms with Crippen LogP contribution in [0.1, 0.15) is 23.2 Å². The van der Waals surface area contributed by atoms with E-state index in [1.165, 1.54) is 0 Å². The van der Waals surface area contributed by atoms with Gasteiger partial charge in [-0.3, -0.25) is 4.79 Å². The number of ketones is 1. The maximum atomic E-state index is 11.7. The minimum atomic E-state index is 0.193. The van der Waals surface area contributed by atoms with Crippen molar-refractivity contribution >= 4 is 17.4 Å². The van der Waals surface area contributed by atoms with Gasteiger partial charge in [0.15, 0.2) is 5.78 Å². The highest BCUT2D eigenvalue weighted by Crippen LogP contribution is 2.14. The summed E-state index contributed by atoms with van der Waals surface area (Å²) in [6.07, 6.45) is 1.71. The maximum absolute atomic E-state index is 11.7.